The number of nitrogens with one attached hydrogen (secondary N) is 1. The fourth-order valence-corrected chi connectivity index (χ4v) is 2.59. The molecule has 0 radical (unpaired) electrons. The third kappa shape index (κ3) is 2.99. The summed E-state index contributed by atoms with van der Waals surface area (Å²) in [6, 6.07) is 8.56. The van der Waals surface area contributed by atoms with Gasteiger partial charge in [0.25, 0.3) is 0 Å². The Morgan fingerprint density at radius 1 is 1.41 bits per heavy atom. The third-order valence-electron chi connectivity index (χ3n) is 3.20. The van der Waals surface area contributed by atoms with Gasteiger partial charge >= 0.3 is 0 Å². The van der Waals surface area contributed by atoms with Gasteiger partial charge in [-0.05, 0) is 61.0 Å². The number of hydrogen-bond acceptors (Lipinski definition) is 3. The van der Waals surface area contributed by atoms with Gasteiger partial charge in [0.15, 0.2) is 0 Å². The number of benzene rings is 1. The minimum absolute atomic E-state index is 0.479. The van der Waals surface area contributed by atoms with E-state index in [4.69, 9.17) is 5.26 Å². The summed E-state index contributed by atoms with van der Waals surface area (Å²) < 4.78 is 0.859. The van der Waals surface area contributed by atoms with Crippen molar-refractivity contribution in [2.24, 2.45) is 0 Å². The Bertz CT molecular complexity index is 431. The van der Waals surface area contributed by atoms with Crippen molar-refractivity contribution in [3.05, 3.63) is 28.2 Å². The predicted octanol–water partition coefficient (Wildman–Crippen LogP) is 2.83. The number of nitriles is 1. The van der Waals surface area contributed by atoms with Crippen molar-refractivity contribution in [2.45, 2.75) is 18.9 Å². The van der Waals surface area contributed by atoms with E-state index >= 15 is 0 Å². The van der Waals surface area contributed by atoms with Crippen LogP contribution in [0.3, 0.4) is 0 Å². The molecular formula is C13H16BrN3. The maximum Gasteiger partial charge on any atom is 0.103 e. The number of piperidine rings is 1. The maximum absolute atomic E-state index is 9.14. The fourth-order valence-electron chi connectivity index (χ4n) is 2.13. The fraction of sp³-hybridized carbons (Fsp3) is 0.462. The lowest BCUT2D eigenvalue weighted by Gasteiger charge is -2.30. The zero-order valence-electron chi connectivity index (χ0n) is 9.91. The van der Waals surface area contributed by atoms with Gasteiger partial charge in [-0.3, -0.25) is 0 Å². The zero-order valence-corrected chi connectivity index (χ0v) is 11.5. The smallest absolute Gasteiger partial charge is 0.103 e. The highest BCUT2D eigenvalue weighted by Gasteiger charge is 2.17. The Labute approximate surface area is 111 Å². The molecule has 1 saturated heterocycles. The molecule has 0 aliphatic carbocycles. The second-order valence-corrected chi connectivity index (χ2v) is 5.35. The first-order valence-electron chi connectivity index (χ1n) is 5.84. The molecular weight excluding hydrogens is 278 g/mol. The van der Waals surface area contributed by atoms with E-state index in [1.807, 2.05) is 18.2 Å². The zero-order chi connectivity index (χ0) is 12.3. The van der Waals surface area contributed by atoms with Crippen LogP contribution in [0.25, 0.3) is 0 Å². The quantitative estimate of drug-likeness (QED) is 0.911. The van der Waals surface area contributed by atoms with Gasteiger partial charge in [-0.25, -0.2) is 0 Å². The van der Waals surface area contributed by atoms with Crippen LogP contribution in [-0.2, 0) is 0 Å². The number of nitrogens with zero attached hydrogens (tertiary/aromatic N) is 2. The van der Waals surface area contributed by atoms with Crippen LogP contribution in [0.1, 0.15) is 18.4 Å². The molecule has 0 atom stereocenters. The molecule has 0 bridgehead atoms. The van der Waals surface area contributed by atoms with E-state index in [0.717, 1.165) is 36.1 Å². The first-order valence-corrected chi connectivity index (χ1v) is 6.63. The number of likely N-dealkylation sites (tertiary alicyclic amines) is 1. The summed E-state index contributed by atoms with van der Waals surface area (Å²) in [5.41, 5.74) is 1.64. The highest BCUT2D eigenvalue weighted by Crippen LogP contribution is 2.25. The highest BCUT2D eigenvalue weighted by atomic mass is 79.9. The molecule has 1 fully saturated rings. The van der Waals surface area contributed by atoms with E-state index in [9.17, 15) is 0 Å². The largest absolute Gasteiger partial charge is 0.381 e. The topological polar surface area (TPSA) is 39.1 Å². The molecule has 1 heterocycles. The average Bonchev–Trinajstić information content (AvgIpc) is 2.32. The van der Waals surface area contributed by atoms with Crippen LogP contribution in [0.5, 0.6) is 0 Å². The Kier molecular flexibility index (Phi) is 4.03. The maximum atomic E-state index is 9.14. The normalized spacial score (nSPS) is 17.7. The molecule has 0 spiro atoms. The molecule has 4 heteroatoms. The summed E-state index contributed by atoms with van der Waals surface area (Å²) in [6.45, 7) is 2.24. The summed E-state index contributed by atoms with van der Waals surface area (Å²) in [4.78, 5) is 2.34. The standard InChI is InChI=1S/C13H16BrN3/c1-17-7-5-10(6-8-17)16-13-4-2-3-12(14)11(13)9-15/h2-4,10,16H,5-8H2,1H3. The van der Waals surface area contributed by atoms with Crippen molar-refractivity contribution in [3.63, 3.8) is 0 Å². The van der Waals surface area contributed by atoms with Gasteiger partial charge in [-0.1, -0.05) is 6.07 Å². The van der Waals surface area contributed by atoms with Gasteiger partial charge in [0.05, 0.1) is 11.3 Å². The summed E-state index contributed by atoms with van der Waals surface area (Å²) in [5.74, 6) is 0. The molecule has 1 aromatic carbocycles. The predicted molar refractivity (Wildman–Crippen MR) is 73.0 cm³/mol. The summed E-state index contributed by atoms with van der Waals surface area (Å²) >= 11 is 3.41. The van der Waals surface area contributed by atoms with Gasteiger partial charge in [-0.2, -0.15) is 5.26 Å². The van der Waals surface area contributed by atoms with Crippen LogP contribution in [0.15, 0.2) is 22.7 Å². The number of rotatable bonds is 2. The van der Waals surface area contributed by atoms with Crippen LogP contribution >= 0.6 is 15.9 Å². The van der Waals surface area contributed by atoms with E-state index in [-0.39, 0.29) is 0 Å². The van der Waals surface area contributed by atoms with Crippen molar-refractivity contribution >= 4 is 21.6 Å². The lowest BCUT2D eigenvalue weighted by molar-refractivity contribution is 0.264. The van der Waals surface area contributed by atoms with E-state index in [1.54, 1.807) is 0 Å². The molecule has 0 amide bonds. The van der Waals surface area contributed by atoms with E-state index < -0.39 is 0 Å². The van der Waals surface area contributed by atoms with Gasteiger partial charge in [-0.15, -0.1) is 0 Å². The Balaban J connectivity index is 2.09. The van der Waals surface area contributed by atoms with Gasteiger partial charge in [0.1, 0.15) is 6.07 Å². The molecule has 1 N–H and O–H groups in total. The molecule has 0 unspecified atom stereocenters. The van der Waals surface area contributed by atoms with Crippen LogP contribution in [0, 0.1) is 11.3 Å². The van der Waals surface area contributed by atoms with Crippen molar-refractivity contribution in [2.75, 3.05) is 25.5 Å². The summed E-state index contributed by atoms with van der Waals surface area (Å²) in [7, 11) is 2.15. The van der Waals surface area contributed by atoms with Crippen LogP contribution in [0.2, 0.25) is 0 Å². The minimum Gasteiger partial charge on any atom is -0.381 e. The average molecular weight is 294 g/mol. The Morgan fingerprint density at radius 2 is 2.12 bits per heavy atom. The molecule has 1 aromatic rings. The second kappa shape index (κ2) is 5.52. The molecule has 90 valence electrons. The Hall–Kier alpha value is -1.05. The van der Waals surface area contributed by atoms with Crippen LogP contribution < -0.4 is 5.32 Å². The highest BCUT2D eigenvalue weighted by molar-refractivity contribution is 9.10. The molecule has 1 aliphatic heterocycles. The lowest BCUT2D eigenvalue weighted by atomic mass is 10.0. The number of anilines is 1. The summed E-state index contributed by atoms with van der Waals surface area (Å²) in [5, 5.41) is 12.6. The number of halogens is 1. The van der Waals surface area contributed by atoms with Crippen molar-refractivity contribution in [1.29, 1.82) is 5.26 Å². The lowest BCUT2D eigenvalue weighted by Crippen LogP contribution is -2.36. The van der Waals surface area contributed by atoms with Crippen molar-refractivity contribution in [3.8, 4) is 6.07 Å². The van der Waals surface area contributed by atoms with Crippen LogP contribution in [0.4, 0.5) is 5.69 Å². The minimum atomic E-state index is 0.479. The summed E-state index contributed by atoms with van der Waals surface area (Å²) in [6.07, 6.45) is 2.27. The van der Waals surface area contributed by atoms with Crippen LogP contribution in [-0.4, -0.2) is 31.1 Å². The van der Waals surface area contributed by atoms with E-state index in [2.05, 4.69) is 39.3 Å². The molecule has 17 heavy (non-hydrogen) atoms. The first kappa shape index (κ1) is 12.4. The third-order valence-corrected chi connectivity index (χ3v) is 3.86. The molecule has 0 saturated carbocycles. The van der Waals surface area contributed by atoms with E-state index in [0.29, 0.717) is 11.6 Å². The Morgan fingerprint density at radius 3 is 2.76 bits per heavy atom. The second-order valence-electron chi connectivity index (χ2n) is 4.50. The van der Waals surface area contributed by atoms with Crippen molar-refractivity contribution in [1.82, 2.24) is 4.90 Å². The molecule has 1 aliphatic rings. The number of hydrogen-bond donors (Lipinski definition) is 1. The van der Waals surface area contributed by atoms with Gasteiger partial charge in [0, 0.05) is 10.5 Å². The van der Waals surface area contributed by atoms with Gasteiger partial charge < -0.3 is 10.2 Å². The monoisotopic (exact) mass is 293 g/mol. The van der Waals surface area contributed by atoms with Gasteiger partial charge in [0.2, 0.25) is 0 Å². The first-order chi connectivity index (χ1) is 8.20. The van der Waals surface area contributed by atoms with E-state index in [1.165, 1.54) is 0 Å². The molecule has 2 rings (SSSR count). The SMILES string of the molecule is CN1CCC(Nc2cccc(Br)c2C#N)CC1. The molecule has 3 nitrogen and oxygen atoms in total. The molecule has 0 aromatic heterocycles. The van der Waals surface area contributed by atoms with Crippen molar-refractivity contribution < 1.29 is 0 Å².